The maximum Gasteiger partial charge on any atom is 0.262 e. The smallest absolute Gasteiger partial charge is 0.262 e. The van der Waals surface area contributed by atoms with E-state index >= 15 is 0 Å². The Bertz CT molecular complexity index is 741. The van der Waals surface area contributed by atoms with Crippen LogP contribution in [0.5, 0.6) is 0 Å². The van der Waals surface area contributed by atoms with Crippen molar-refractivity contribution in [2.24, 2.45) is 0 Å². The molecule has 2 rings (SSSR count). The highest BCUT2D eigenvalue weighted by Crippen LogP contribution is 2.12. The molecule has 0 saturated heterocycles. The average Bonchev–Trinajstić information content (AvgIpc) is 2.98. The molecule has 1 aromatic carbocycles. The number of nitrogens with zero attached hydrogens (tertiary/aromatic N) is 1. The van der Waals surface area contributed by atoms with Gasteiger partial charge in [0.2, 0.25) is 0 Å². The van der Waals surface area contributed by atoms with Crippen LogP contribution in [0.15, 0.2) is 46.4 Å². The van der Waals surface area contributed by atoms with Crippen LogP contribution in [0.2, 0.25) is 0 Å². The third kappa shape index (κ3) is 4.06. The first-order valence-electron chi connectivity index (χ1n) is 6.85. The Morgan fingerprint density at radius 2 is 2.23 bits per heavy atom. The fourth-order valence-electron chi connectivity index (χ4n) is 1.88. The molecule has 0 bridgehead atoms. The van der Waals surface area contributed by atoms with Gasteiger partial charge in [-0.25, -0.2) is 4.39 Å². The summed E-state index contributed by atoms with van der Waals surface area (Å²) in [6, 6.07) is 11.3. The Morgan fingerprint density at radius 1 is 1.41 bits per heavy atom. The molecule has 112 valence electrons. The van der Waals surface area contributed by atoms with Gasteiger partial charge < -0.3 is 9.73 Å². The molecule has 5 heteroatoms. The van der Waals surface area contributed by atoms with E-state index in [4.69, 9.17) is 9.68 Å². The van der Waals surface area contributed by atoms with Gasteiger partial charge in [0.25, 0.3) is 5.91 Å². The molecule has 0 spiro atoms. The number of hydrogen-bond donors (Lipinski definition) is 1. The van der Waals surface area contributed by atoms with Gasteiger partial charge in [-0.1, -0.05) is 19.1 Å². The standard InChI is InChI=1S/C17H15FN2O2/c1-2-15-6-7-16(22-15)9-13(10-19)17(21)20-11-12-4-3-5-14(18)8-12/h3-9H,2,11H2,1H3,(H,20,21)/b13-9+. The van der Waals surface area contributed by atoms with Crippen molar-refractivity contribution < 1.29 is 13.6 Å². The van der Waals surface area contributed by atoms with E-state index in [-0.39, 0.29) is 17.9 Å². The predicted molar refractivity (Wildman–Crippen MR) is 79.9 cm³/mol. The van der Waals surface area contributed by atoms with E-state index < -0.39 is 5.91 Å². The summed E-state index contributed by atoms with van der Waals surface area (Å²) in [7, 11) is 0. The maximum absolute atomic E-state index is 13.1. The highest BCUT2D eigenvalue weighted by Gasteiger charge is 2.10. The molecule has 1 aromatic heterocycles. The van der Waals surface area contributed by atoms with Gasteiger partial charge in [-0.2, -0.15) is 5.26 Å². The van der Waals surface area contributed by atoms with Crippen molar-refractivity contribution in [2.45, 2.75) is 19.9 Å². The maximum atomic E-state index is 13.1. The molecule has 0 saturated carbocycles. The summed E-state index contributed by atoms with van der Waals surface area (Å²) in [4.78, 5) is 12.0. The number of carbonyl (C=O) groups is 1. The minimum atomic E-state index is -0.527. The normalized spacial score (nSPS) is 11.0. The fraction of sp³-hybridized carbons (Fsp3) is 0.176. The quantitative estimate of drug-likeness (QED) is 0.681. The van der Waals surface area contributed by atoms with E-state index in [1.54, 1.807) is 24.3 Å². The number of amides is 1. The van der Waals surface area contributed by atoms with E-state index in [0.717, 1.165) is 12.2 Å². The number of hydrogen-bond acceptors (Lipinski definition) is 3. The van der Waals surface area contributed by atoms with E-state index in [1.807, 2.05) is 13.0 Å². The van der Waals surface area contributed by atoms with Crippen LogP contribution in [0.25, 0.3) is 6.08 Å². The van der Waals surface area contributed by atoms with Crippen molar-refractivity contribution in [3.63, 3.8) is 0 Å². The van der Waals surface area contributed by atoms with Gasteiger partial charge >= 0.3 is 0 Å². The third-order valence-electron chi connectivity index (χ3n) is 3.02. The summed E-state index contributed by atoms with van der Waals surface area (Å²) in [5.41, 5.74) is 0.560. The Kier molecular flexibility index (Phi) is 5.10. The molecule has 1 amide bonds. The Hall–Kier alpha value is -2.87. The van der Waals surface area contributed by atoms with E-state index in [1.165, 1.54) is 18.2 Å². The number of benzene rings is 1. The lowest BCUT2D eigenvalue weighted by Gasteiger charge is -2.04. The third-order valence-corrected chi connectivity index (χ3v) is 3.02. The number of rotatable bonds is 5. The van der Waals surface area contributed by atoms with Crippen molar-refractivity contribution in [3.8, 4) is 6.07 Å². The lowest BCUT2D eigenvalue weighted by atomic mass is 10.2. The molecule has 0 atom stereocenters. The van der Waals surface area contributed by atoms with Crippen molar-refractivity contribution >= 4 is 12.0 Å². The van der Waals surface area contributed by atoms with Crippen molar-refractivity contribution in [1.29, 1.82) is 5.26 Å². The van der Waals surface area contributed by atoms with Crippen LogP contribution in [-0.2, 0) is 17.8 Å². The highest BCUT2D eigenvalue weighted by molar-refractivity contribution is 6.01. The molecular formula is C17H15FN2O2. The summed E-state index contributed by atoms with van der Waals surface area (Å²) in [5, 5.41) is 11.7. The summed E-state index contributed by atoms with van der Waals surface area (Å²) < 4.78 is 18.5. The molecule has 0 fully saturated rings. The molecule has 1 N–H and O–H groups in total. The zero-order valence-electron chi connectivity index (χ0n) is 12.1. The van der Waals surface area contributed by atoms with Gasteiger partial charge in [-0.15, -0.1) is 0 Å². The number of halogens is 1. The van der Waals surface area contributed by atoms with E-state index in [0.29, 0.717) is 11.3 Å². The van der Waals surface area contributed by atoms with Crippen LogP contribution in [0.3, 0.4) is 0 Å². The van der Waals surface area contributed by atoms with Gasteiger partial charge in [0.05, 0.1) is 0 Å². The minimum absolute atomic E-state index is 0.0617. The van der Waals surface area contributed by atoms with Crippen LogP contribution in [-0.4, -0.2) is 5.91 Å². The number of aryl methyl sites for hydroxylation is 1. The van der Waals surface area contributed by atoms with E-state index in [9.17, 15) is 9.18 Å². The van der Waals surface area contributed by atoms with Crippen LogP contribution in [0, 0.1) is 17.1 Å². The fourth-order valence-corrected chi connectivity index (χ4v) is 1.88. The largest absolute Gasteiger partial charge is 0.462 e. The average molecular weight is 298 g/mol. The summed E-state index contributed by atoms with van der Waals surface area (Å²) in [5.74, 6) is 0.338. The zero-order chi connectivity index (χ0) is 15.9. The highest BCUT2D eigenvalue weighted by atomic mass is 19.1. The Balaban J connectivity index is 2.04. The van der Waals surface area contributed by atoms with Gasteiger partial charge in [-0.3, -0.25) is 4.79 Å². The van der Waals surface area contributed by atoms with Crippen molar-refractivity contribution in [2.75, 3.05) is 0 Å². The molecular weight excluding hydrogens is 283 g/mol. The zero-order valence-corrected chi connectivity index (χ0v) is 12.1. The second-order valence-electron chi connectivity index (χ2n) is 4.64. The minimum Gasteiger partial charge on any atom is -0.462 e. The second kappa shape index (κ2) is 7.23. The molecule has 0 aliphatic carbocycles. The summed E-state index contributed by atoms with van der Waals surface area (Å²) >= 11 is 0. The second-order valence-corrected chi connectivity index (χ2v) is 4.64. The SMILES string of the molecule is CCc1ccc(/C=C(\C#N)C(=O)NCc2cccc(F)c2)o1. The van der Waals surface area contributed by atoms with Gasteiger partial charge in [0.1, 0.15) is 29.0 Å². The molecule has 22 heavy (non-hydrogen) atoms. The van der Waals surface area contributed by atoms with E-state index in [2.05, 4.69) is 5.32 Å². The van der Waals surface area contributed by atoms with Crippen LogP contribution >= 0.6 is 0 Å². The number of nitriles is 1. The molecule has 1 heterocycles. The van der Waals surface area contributed by atoms with Crippen LogP contribution < -0.4 is 5.32 Å². The first kappa shape index (κ1) is 15.5. The number of nitrogens with one attached hydrogen (secondary N) is 1. The molecule has 0 aliphatic heterocycles. The lowest BCUT2D eigenvalue weighted by Crippen LogP contribution is -2.23. The Labute approximate surface area is 127 Å². The monoisotopic (exact) mass is 298 g/mol. The lowest BCUT2D eigenvalue weighted by molar-refractivity contribution is -0.117. The molecule has 4 nitrogen and oxygen atoms in total. The van der Waals surface area contributed by atoms with Crippen LogP contribution in [0.4, 0.5) is 4.39 Å². The first-order valence-corrected chi connectivity index (χ1v) is 6.85. The van der Waals surface area contributed by atoms with Gasteiger partial charge in [-0.05, 0) is 29.8 Å². The van der Waals surface area contributed by atoms with Gasteiger partial charge in [0.15, 0.2) is 0 Å². The van der Waals surface area contributed by atoms with Crippen LogP contribution in [0.1, 0.15) is 24.0 Å². The summed E-state index contributed by atoms with van der Waals surface area (Å²) in [6.45, 7) is 2.09. The number of furan rings is 1. The molecule has 0 aliphatic rings. The molecule has 2 aromatic rings. The van der Waals surface area contributed by atoms with Gasteiger partial charge in [0, 0.05) is 19.0 Å². The van der Waals surface area contributed by atoms with Crippen molar-refractivity contribution in [1.82, 2.24) is 5.32 Å². The predicted octanol–water partition coefficient (Wildman–Crippen LogP) is 3.20. The molecule has 0 unspecified atom stereocenters. The first-order chi connectivity index (χ1) is 10.6. The molecule has 0 radical (unpaired) electrons. The topological polar surface area (TPSA) is 66.0 Å². The Morgan fingerprint density at radius 3 is 2.86 bits per heavy atom. The number of carbonyl (C=O) groups excluding carboxylic acids is 1. The summed E-state index contributed by atoms with van der Waals surface area (Å²) in [6.07, 6.45) is 2.13. The van der Waals surface area contributed by atoms with Crippen molar-refractivity contribution in [3.05, 3.63) is 64.9 Å².